The molecule has 1 aromatic carbocycles. The first-order valence-corrected chi connectivity index (χ1v) is 8.80. The highest BCUT2D eigenvalue weighted by atomic mass is 35.5. The van der Waals surface area contributed by atoms with E-state index in [-0.39, 0.29) is 6.10 Å². The normalized spacial score (nSPS) is 17.1. The van der Waals surface area contributed by atoms with E-state index in [0.717, 1.165) is 54.5 Å². The van der Waals surface area contributed by atoms with E-state index in [1.54, 1.807) is 7.11 Å². The van der Waals surface area contributed by atoms with Crippen LogP contribution in [0.3, 0.4) is 0 Å². The average Bonchev–Trinajstić information content (AvgIpc) is 3.27. The average molecular weight is 358 g/mol. The number of benzene rings is 1. The van der Waals surface area contributed by atoms with Gasteiger partial charge in [-0.05, 0) is 49.2 Å². The molecule has 0 radical (unpaired) electrons. The van der Waals surface area contributed by atoms with Crippen LogP contribution < -0.4 is 10.1 Å². The molecular weight excluding hydrogens is 338 g/mol. The standard InChI is InChI=1S/C19H20ClN3O2/c1-24-15-7-4-13(5-8-15)18-19(21-11-16-3-2-10-25-16)23-12-14(20)6-9-17(23)22-18/h4-9,12,16,21H,2-3,10-11H2,1H3. The number of imidazole rings is 1. The van der Waals surface area contributed by atoms with Crippen molar-refractivity contribution in [1.82, 2.24) is 9.38 Å². The van der Waals surface area contributed by atoms with Crippen LogP contribution >= 0.6 is 11.6 Å². The van der Waals surface area contributed by atoms with Gasteiger partial charge in [0.2, 0.25) is 0 Å². The first kappa shape index (κ1) is 16.2. The molecule has 0 aliphatic carbocycles. The molecule has 0 bridgehead atoms. The zero-order chi connectivity index (χ0) is 17.2. The topological polar surface area (TPSA) is 47.8 Å². The van der Waals surface area contributed by atoms with Crippen molar-refractivity contribution in [1.29, 1.82) is 0 Å². The van der Waals surface area contributed by atoms with Crippen LogP contribution in [0, 0.1) is 0 Å². The maximum Gasteiger partial charge on any atom is 0.139 e. The molecule has 0 amide bonds. The van der Waals surface area contributed by atoms with E-state index in [4.69, 9.17) is 26.1 Å². The molecule has 6 heteroatoms. The number of halogens is 1. The van der Waals surface area contributed by atoms with Gasteiger partial charge >= 0.3 is 0 Å². The second kappa shape index (κ2) is 6.94. The largest absolute Gasteiger partial charge is 0.497 e. The lowest BCUT2D eigenvalue weighted by molar-refractivity contribution is 0.120. The molecule has 5 nitrogen and oxygen atoms in total. The lowest BCUT2D eigenvalue weighted by Gasteiger charge is -2.13. The van der Waals surface area contributed by atoms with Crippen molar-refractivity contribution in [3.63, 3.8) is 0 Å². The summed E-state index contributed by atoms with van der Waals surface area (Å²) in [7, 11) is 1.66. The lowest BCUT2D eigenvalue weighted by Crippen LogP contribution is -2.19. The lowest BCUT2D eigenvalue weighted by atomic mass is 10.1. The molecular formula is C19H20ClN3O2. The monoisotopic (exact) mass is 357 g/mol. The SMILES string of the molecule is COc1ccc(-c2nc3ccc(Cl)cn3c2NCC2CCCO2)cc1. The highest BCUT2D eigenvalue weighted by Crippen LogP contribution is 2.31. The van der Waals surface area contributed by atoms with Crippen LogP contribution in [0.1, 0.15) is 12.8 Å². The van der Waals surface area contributed by atoms with E-state index in [0.29, 0.717) is 5.02 Å². The molecule has 130 valence electrons. The molecule has 1 saturated heterocycles. The van der Waals surface area contributed by atoms with Crippen LogP contribution in [0.4, 0.5) is 5.82 Å². The van der Waals surface area contributed by atoms with Crippen molar-refractivity contribution in [3.05, 3.63) is 47.6 Å². The summed E-state index contributed by atoms with van der Waals surface area (Å²) in [6.45, 7) is 1.60. The van der Waals surface area contributed by atoms with E-state index in [2.05, 4.69) is 5.32 Å². The van der Waals surface area contributed by atoms with Crippen LogP contribution in [0.15, 0.2) is 42.6 Å². The Morgan fingerprint density at radius 3 is 2.84 bits per heavy atom. The van der Waals surface area contributed by atoms with Gasteiger partial charge in [0.1, 0.15) is 22.9 Å². The molecule has 1 atom stereocenters. The first-order chi connectivity index (χ1) is 12.2. The number of ether oxygens (including phenoxy) is 2. The van der Waals surface area contributed by atoms with Crippen LogP contribution in [0.5, 0.6) is 5.75 Å². The number of rotatable bonds is 5. The fraction of sp³-hybridized carbons (Fsp3) is 0.316. The highest BCUT2D eigenvalue weighted by molar-refractivity contribution is 6.30. The Morgan fingerprint density at radius 1 is 1.28 bits per heavy atom. The van der Waals surface area contributed by atoms with Gasteiger partial charge in [0.25, 0.3) is 0 Å². The summed E-state index contributed by atoms with van der Waals surface area (Å²) in [6.07, 6.45) is 4.33. The van der Waals surface area contributed by atoms with Crippen molar-refractivity contribution in [2.24, 2.45) is 0 Å². The fourth-order valence-electron chi connectivity index (χ4n) is 3.15. The number of nitrogens with zero attached hydrogens (tertiary/aromatic N) is 2. The van der Waals surface area contributed by atoms with Gasteiger partial charge in [0.15, 0.2) is 0 Å². The zero-order valence-corrected chi connectivity index (χ0v) is 14.8. The van der Waals surface area contributed by atoms with Gasteiger partial charge in [-0.15, -0.1) is 0 Å². The Bertz CT molecular complexity index is 870. The van der Waals surface area contributed by atoms with Crippen LogP contribution in [-0.2, 0) is 4.74 Å². The third kappa shape index (κ3) is 3.30. The number of methoxy groups -OCH3 is 1. The summed E-state index contributed by atoms with van der Waals surface area (Å²) < 4.78 is 13.0. The van der Waals surface area contributed by atoms with E-state index in [9.17, 15) is 0 Å². The molecule has 3 heterocycles. The van der Waals surface area contributed by atoms with Crippen molar-refractivity contribution in [3.8, 4) is 17.0 Å². The molecule has 1 unspecified atom stereocenters. The number of hydrogen-bond acceptors (Lipinski definition) is 4. The summed E-state index contributed by atoms with van der Waals surface area (Å²) >= 11 is 6.20. The van der Waals surface area contributed by atoms with E-state index in [1.807, 2.05) is 47.0 Å². The Morgan fingerprint density at radius 2 is 2.12 bits per heavy atom. The minimum absolute atomic E-state index is 0.244. The number of aromatic nitrogens is 2. The minimum Gasteiger partial charge on any atom is -0.497 e. The van der Waals surface area contributed by atoms with Crippen molar-refractivity contribution in [2.75, 3.05) is 25.6 Å². The van der Waals surface area contributed by atoms with Crippen LogP contribution in [-0.4, -0.2) is 35.8 Å². The van der Waals surface area contributed by atoms with E-state index in [1.165, 1.54) is 0 Å². The molecule has 1 fully saturated rings. The van der Waals surface area contributed by atoms with Crippen molar-refractivity contribution < 1.29 is 9.47 Å². The quantitative estimate of drug-likeness (QED) is 0.741. The molecule has 1 aliphatic rings. The number of anilines is 1. The molecule has 1 aliphatic heterocycles. The van der Waals surface area contributed by atoms with Gasteiger partial charge in [-0.3, -0.25) is 4.40 Å². The molecule has 25 heavy (non-hydrogen) atoms. The van der Waals surface area contributed by atoms with Crippen molar-refractivity contribution >= 4 is 23.1 Å². The molecule has 3 aromatic rings. The zero-order valence-electron chi connectivity index (χ0n) is 14.0. The summed E-state index contributed by atoms with van der Waals surface area (Å²) in [5, 5.41) is 4.19. The van der Waals surface area contributed by atoms with E-state index < -0.39 is 0 Å². The maximum absolute atomic E-state index is 6.20. The third-order valence-corrected chi connectivity index (χ3v) is 4.69. The van der Waals surface area contributed by atoms with Gasteiger partial charge < -0.3 is 14.8 Å². The third-order valence-electron chi connectivity index (χ3n) is 4.47. The van der Waals surface area contributed by atoms with E-state index >= 15 is 0 Å². The van der Waals surface area contributed by atoms with Gasteiger partial charge in [-0.1, -0.05) is 11.6 Å². The van der Waals surface area contributed by atoms with Crippen LogP contribution in [0.25, 0.3) is 16.9 Å². The second-order valence-electron chi connectivity index (χ2n) is 6.13. The molecule has 4 rings (SSSR count). The molecule has 0 spiro atoms. The highest BCUT2D eigenvalue weighted by Gasteiger charge is 2.19. The fourth-order valence-corrected chi connectivity index (χ4v) is 3.31. The van der Waals surface area contributed by atoms with Gasteiger partial charge in [-0.25, -0.2) is 4.98 Å². The Hall–Kier alpha value is -2.24. The Kier molecular flexibility index (Phi) is 4.51. The minimum atomic E-state index is 0.244. The summed E-state index contributed by atoms with van der Waals surface area (Å²) in [5.41, 5.74) is 2.77. The summed E-state index contributed by atoms with van der Waals surface area (Å²) in [5.74, 6) is 1.75. The molecule has 2 aromatic heterocycles. The number of pyridine rings is 1. The first-order valence-electron chi connectivity index (χ1n) is 8.42. The number of fused-ring (bicyclic) bond motifs is 1. The van der Waals surface area contributed by atoms with Gasteiger partial charge in [0, 0.05) is 24.9 Å². The van der Waals surface area contributed by atoms with Crippen LogP contribution in [0.2, 0.25) is 5.02 Å². The van der Waals surface area contributed by atoms with Gasteiger partial charge in [0.05, 0.1) is 18.2 Å². The van der Waals surface area contributed by atoms with Crippen molar-refractivity contribution in [2.45, 2.75) is 18.9 Å². The number of hydrogen-bond donors (Lipinski definition) is 1. The maximum atomic E-state index is 6.20. The molecule has 0 saturated carbocycles. The summed E-state index contributed by atoms with van der Waals surface area (Å²) in [4.78, 5) is 4.78. The predicted molar refractivity (Wildman–Crippen MR) is 99.7 cm³/mol. The Balaban J connectivity index is 1.74. The van der Waals surface area contributed by atoms with Gasteiger partial charge in [-0.2, -0.15) is 0 Å². The predicted octanol–water partition coefficient (Wildman–Crippen LogP) is 4.25. The smallest absolute Gasteiger partial charge is 0.139 e. The summed E-state index contributed by atoms with van der Waals surface area (Å²) in [6, 6.07) is 11.7. The number of nitrogens with one attached hydrogen (secondary N) is 1. The Labute approximate surface area is 151 Å². The molecule has 1 N–H and O–H groups in total. The second-order valence-corrected chi connectivity index (χ2v) is 6.57.